The van der Waals surface area contributed by atoms with Crippen LogP contribution in [0.5, 0.6) is 0 Å². The Labute approximate surface area is 239 Å². The van der Waals surface area contributed by atoms with Gasteiger partial charge in [-0.15, -0.1) is 0 Å². The van der Waals surface area contributed by atoms with Crippen LogP contribution in [0.1, 0.15) is 51.2 Å². The van der Waals surface area contributed by atoms with E-state index in [4.69, 9.17) is 0 Å². The molecule has 8 heteroatoms. The first-order valence-electron chi connectivity index (χ1n) is 14.1. The van der Waals surface area contributed by atoms with Gasteiger partial charge in [0.15, 0.2) is 0 Å². The Kier molecular flexibility index (Phi) is 11.8. The first-order valence-corrected chi connectivity index (χ1v) is 15.5. The van der Waals surface area contributed by atoms with Crippen molar-refractivity contribution < 1.29 is 18.0 Å². The van der Waals surface area contributed by atoms with Gasteiger partial charge in [0.05, 0.1) is 10.6 Å². The number of amides is 2. The summed E-state index contributed by atoms with van der Waals surface area (Å²) in [6.07, 6.45) is 3.55. The van der Waals surface area contributed by atoms with Crippen LogP contribution >= 0.6 is 0 Å². The molecule has 0 fully saturated rings. The van der Waals surface area contributed by atoms with Gasteiger partial charge in [-0.05, 0) is 61.1 Å². The molecule has 0 aliphatic heterocycles. The van der Waals surface area contributed by atoms with E-state index in [1.165, 1.54) is 12.1 Å². The summed E-state index contributed by atoms with van der Waals surface area (Å²) in [7, 11) is -4.05. The van der Waals surface area contributed by atoms with Crippen molar-refractivity contribution in [2.45, 2.75) is 63.8 Å². The van der Waals surface area contributed by atoms with E-state index < -0.39 is 28.5 Å². The van der Waals surface area contributed by atoms with Gasteiger partial charge in [-0.2, -0.15) is 0 Å². The van der Waals surface area contributed by atoms with E-state index >= 15 is 0 Å². The summed E-state index contributed by atoms with van der Waals surface area (Å²) in [6.45, 7) is 6.35. The quantitative estimate of drug-likeness (QED) is 0.257. The van der Waals surface area contributed by atoms with Gasteiger partial charge in [0.25, 0.3) is 10.0 Å². The number of nitrogens with zero attached hydrogens (tertiary/aromatic N) is 2. The number of anilines is 1. The van der Waals surface area contributed by atoms with Crippen LogP contribution in [0.15, 0.2) is 89.8 Å². The molecule has 40 heavy (non-hydrogen) atoms. The smallest absolute Gasteiger partial charge is 0.264 e. The molecule has 3 aromatic rings. The zero-order valence-corrected chi connectivity index (χ0v) is 24.6. The summed E-state index contributed by atoms with van der Waals surface area (Å²) < 4.78 is 28.9. The molecule has 0 aromatic heterocycles. The fraction of sp³-hybridized carbons (Fsp3) is 0.375. The lowest BCUT2D eigenvalue weighted by Gasteiger charge is -2.33. The van der Waals surface area contributed by atoms with E-state index in [0.29, 0.717) is 25.1 Å². The zero-order valence-electron chi connectivity index (χ0n) is 23.8. The topological polar surface area (TPSA) is 86.8 Å². The molecule has 3 aromatic carbocycles. The molecule has 0 saturated heterocycles. The lowest BCUT2D eigenvalue weighted by molar-refractivity contribution is -0.139. The number of hydrogen-bond acceptors (Lipinski definition) is 4. The summed E-state index contributed by atoms with van der Waals surface area (Å²) in [6, 6.07) is 24.4. The molecule has 0 heterocycles. The van der Waals surface area contributed by atoms with Crippen LogP contribution in [0.2, 0.25) is 0 Å². The molecule has 0 aliphatic carbocycles. The molecule has 0 spiro atoms. The second-order valence-electron chi connectivity index (χ2n) is 9.74. The van der Waals surface area contributed by atoms with Crippen LogP contribution in [0.25, 0.3) is 0 Å². The van der Waals surface area contributed by atoms with Gasteiger partial charge < -0.3 is 10.2 Å². The third-order valence-electron chi connectivity index (χ3n) is 6.94. The number of carbonyl (C=O) groups excluding carboxylic acids is 2. The standard InChI is InChI=1S/C32H41N3O4S/c1-4-7-23-33-32(37)30(6-3)34(24-22-27-14-10-8-11-15-27)31(36)25-35(28-20-18-26(5-2)19-21-28)40(38,39)29-16-12-9-13-17-29/h8-21,30H,4-7,22-25H2,1-3H3,(H,33,37). The molecule has 214 valence electrons. The molecule has 7 nitrogen and oxygen atoms in total. The molecule has 0 saturated carbocycles. The maximum Gasteiger partial charge on any atom is 0.264 e. The van der Waals surface area contributed by atoms with Crippen molar-refractivity contribution in [3.05, 3.63) is 96.1 Å². The average Bonchev–Trinajstić information content (AvgIpc) is 2.99. The Morgan fingerprint density at radius 2 is 1.45 bits per heavy atom. The fourth-order valence-corrected chi connectivity index (χ4v) is 5.98. The minimum absolute atomic E-state index is 0.0996. The van der Waals surface area contributed by atoms with Crippen LogP contribution < -0.4 is 9.62 Å². The zero-order chi connectivity index (χ0) is 29.0. The maximum atomic E-state index is 14.0. The number of nitrogens with one attached hydrogen (secondary N) is 1. The Morgan fingerprint density at radius 1 is 0.825 bits per heavy atom. The molecule has 1 atom stereocenters. The Bertz CT molecular complexity index is 1310. The van der Waals surface area contributed by atoms with Gasteiger partial charge in [-0.3, -0.25) is 13.9 Å². The highest BCUT2D eigenvalue weighted by Gasteiger charge is 2.33. The van der Waals surface area contributed by atoms with E-state index in [1.807, 2.05) is 63.2 Å². The predicted molar refractivity (Wildman–Crippen MR) is 161 cm³/mol. The number of carbonyl (C=O) groups is 2. The van der Waals surface area contributed by atoms with Crippen molar-refractivity contribution in [2.75, 3.05) is 23.9 Å². The Hall–Kier alpha value is -3.65. The van der Waals surface area contributed by atoms with Crippen molar-refractivity contribution >= 4 is 27.5 Å². The lowest BCUT2D eigenvalue weighted by Crippen LogP contribution is -2.53. The average molecular weight is 564 g/mol. The van der Waals surface area contributed by atoms with Gasteiger partial charge in [-0.25, -0.2) is 8.42 Å². The summed E-state index contributed by atoms with van der Waals surface area (Å²) in [4.78, 5) is 28.9. The molecule has 1 unspecified atom stereocenters. The summed E-state index contributed by atoms with van der Waals surface area (Å²) >= 11 is 0. The van der Waals surface area contributed by atoms with Crippen LogP contribution in [-0.2, 0) is 32.5 Å². The monoisotopic (exact) mass is 563 g/mol. The summed E-state index contributed by atoms with van der Waals surface area (Å²) in [5.41, 5.74) is 2.50. The first kappa shape index (κ1) is 30.9. The third-order valence-corrected chi connectivity index (χ3v) is 8.73. The number of sulfonamides is 1. The van der Waals surface area contributed by atoms with Crippen molar-refractivity contribution in [1.29, 1.82) is 0 Å². The maximum absolute atomic E-state index is 14.0. The molecule has 1 N–H and O–H groups in total. The number of rotatable bonds is 15. The minimum Gasteiger partial charge on any atom is -0.354 e. The normalized spacial score (nSPS) is 12.0. The highest BCUT2D eigenvalue weighted by atomic mass is 32.2. The Morgan fingerprint density at radius 3 is 2.02 bits per heavy atom. The van der Waals surface area contributed by atoms with E-state index in [-0.39, 0.29) is 17.3 Å². The molecule has 2 amide bonds. The largest absolute Gasteiger partial charge is 0.354 e. The lowest BCUT2D eigenvalue weighted by atomic mass is 10.1. The van der Waals surface area contributed by atoms with Crippen LogP contribution in [-0.4, -0.2) is 50.8 Å². The third kappa shape index (κ3) is 8.18. The molecule has 0 aliphatic rings. The fourth-order valence-electron chi connectivity index (χ4n) is 4.55. The van der Waals surface area contributed by atoms with Crippen molar-refractivity contribution in [3.63, 3.8) is 0 Å². The molecular formula is C32H41N3O4S. The highest BCUT2D eigenvalue weighted by Crippen LogP contribution is 2.25. The molecular weight excluding hydrogens is 522 g/mol. The highest BCUT2D eigenvalue weighted by molar-refractivity contribution is 7.92. The van der Waals surface area contributed by atoms with E-state index in [1.54, 1.807) is 35.2 Å². The number of benzene rings is 3. The van der Waals surface area contributed by atoms with Gasteiger partial charge >= 0.3 is 0 Å². The van der Waals surface area contributed by atoms with Gasteiger partial charge in [-0.1, -0.05) is 87.9 Å². The number of hydrogen-bond donors (Lipinski definition) is 1. The Balaban J connectivity index is 1.97. The predicted octanol–water partition coefficient (Wildman–Crippen LogP) is 5.21. The van der Waals surface area contributed by atoms with Crippen LogP contribution in [0, 0.1) is 0 Å². The molecule has 3 rings (SSSR count). The van der Waals surface area contributed by atoms with Gasteiger partial charge in [0.1, 0.15) is 12.6 Å². The number of unbranched alkanes of at least 4 members (excludes halogenated alkanes) is 1. The van der Waals surface area contributed by atoms with Gasteiger partial charge in [0, 0.05) is 13.1 Å². The minimum atomic E-state index is -4.05. The second-order valence-corrected chi connectivity index (χ2v) is 11.6. The first-order chi connectivity index (χ1) is 19.3. The van der Waals surface area contributed by atoms with E-state index in [9.17, 15) is 18.0 Å². The van der Waals surface area contributed by atoms with Crippen LogP contribution in [0.3, 0.4) is 0 Å². The number of aryl methyl sites for hydroxylation is 1. The van der Waals surface area contributed by atoms with Crippen molar-refractivity contribution in [2.24, 2.45) is 0 Å². The van der Waals surface area contributed by atoms with Crippen molar-refractivity contribution in [1.82, 2.24) is 10.2 Å². The molecule has 0 bridgehead atoms. The SMILES string of the molecule is CCCCNC(=O)C(CC)N(CCc1ccccc1)C(=O)CN(c1ccc(CC)cc1)S(=O)(=O)c1ccccc1. The van der Waals surface area contributed by atoms with E-state index in [0.717, 1.165) is 34.7 Å². The summed E-state index contributed by atoms with van der Waals surface area (Å²) in [5, 5.41) is 2.96. The summed E-state index contributed by atoms with van der Waals surface area (Å²) in [5.74, 6) is -0.644. The van der Waals surface area contributed by atoms with E-state index in [2.05, 4.69) is 5.32 Å². The molecule has 0 radical (unpaired) electrons. The van der Waals surface area contributed by atoms with Crippen molar-refractivity contribution in [3.8, 4) is 0 Å². The van der Waals surface area contributed by atoms with Gasteiger partial charge in [0.2, 0.25) is 11.8 Å². The second kappa shape index (κ2) is 15.2. The van der Waals surface area contributed by atoms with Crippen LogP contribution in [0.4, 0.5) is 5.69 Å².